The number of halogens is 3. The van der Waals surface area contributed by atoms with E-state index in [-0.39, 0.29) is 17.4 Å². The number of hydrogen-bond donors (Lipinski definition) is 1. The fraction of sp³-hybridized carbons (Fsp3) is 0.650. The van der Waals surface area contributed by atoms with E-state index in [0.29, 0.717) is 24.1 Å². The van der Waals surface area contributed by atoms with Gasteiger partial charge in [0.25, 0.3) is 0 Å². The average Bonchev–Trinajstić information content (AvgIpc) is 2.66. The molecule has 0 aliphatic heterocycles. The summed E-state index contributed by atoms with van der Waals surface area (Å²) in [5.41, 5.74) is -2.62. The molecule has 1 aromatic rings. The summed E-state index contributed by atoms with van der Waals surface area (Å²) in [5, 5.41) is 10.7. The smallest absolute Gasteiger partial charge is 0.423 e. The van der Waals surface area contributed by atoms with Crippen LogP contribution in [-0.4, -0.2) is 55.9 Å². The standard InChI is InChI=1S/C20H31F3N2O3/c1-7-15(8-2)28-12-19(26,20(21,22)23)16-10-14(4)17(11-18(16)27-6)24-13-25(5)9-3/h10-11,13,15,26H,7-9,12H2,1-6H3. The molecular formula is C20H31F3N2O3. The normalized spacial score (nSPS) is 14.5. The first-order chi connectivity index (χ1) is 13.0. The molecule has 1 unspecified atom stereocenters. The molecule has 0 saturated heterocycles. The summed E-state index contributed by atoms with van der Waals surface area (Å²) in [6.45, 7) is 7.07. The third-order valence-corrected chi connectivity index (χ3v) is 4.76. The molecule has 0 heterocycles. The van der Waals surface area contributed by atoms with Crippen molar-refractivity contribution >= 4 is 12.0 Å². The Morgan fingerprint density at radius 2 is 1.82 bits per heavy atom. The molecule has 1 rings (SSSR count). The Morgan fingerprint density at radius 3 is 2.29 bits per heavy atom. The van der Waals surface area contributed by atoms with Crippen LogP contribution in [0.3, 0.4) is 0 Å². The van der Waals surface area contributed by atoms with Gasteiger partial charge in [-0.05, 0) is 38.3 Å². The predicted molar refractivity (Wildman–Crippen MR) is 104 cm³/mol. The quantitative estimate of drug-likeness (QED) is 0.458. The van der Waals surface area contributed by atoms with Gasteiger partial charge in [-0.1, -0.05) is 13.8 Å². The van der Waals surface area contributed by atoms with Crippen LogP contribution in [0.25, 0.3) is 0 Å². The van der Waals surface area contributed by atoms with E-state index in [0.717, 1.165) is 6.54 Å². The van der Waals surface area contributed by atoms with E-state index in [2.05, 4.69) is 4.99 Å². The van der Waals surface area contributed by atoms with E-state index in [1.54, 1.807) is 13.3 Å². The molecule has 0 aliphatic rings. The second kappa shape index (κ2) is 10.1. The van der Waals surface area contributed by atoms with Gasteiger partial charge >= 0.3 is 6.18 Å². The van der Waals surface area contributed by atoms with Crippen molar-refractivity contribution in [1.82, 2.24) is 4.90 Å². The SMILES string of the molecule is CCC(CC)OCC(O)(c1cc(C)c(N=CN(C)CC)cc1OC)C(F)(F)F. The molecule has 0 radical (unpaired) electrons. The van der Waals surface area contributed by atoms with Crippen LogP contribution in [0, 0.1) is 6.92 Å². The van der Waals surface area contributed by atoms with Gasteiger partial charge in [0.15, 0.2) is 0 Å². The Hall–Kier alpha value is -1.80. The molecule has 0 saturated carbocycles. The number of benzene rings is 1. The van der Waals surface area contributed by atoms with Gasteiger partial charge in [0.05, 0.1) is 31.8 Å². The van der Waals surface area contributed by atoms with Gasteiger partial charge in [0.2, 0.25) is 5.60 Å². The molecule has 160 valence electrons. The molecule has 1 aromatic carbocycles. The Kier molecular flexibility index (Phi) is 8.75. The number of nitrogens with zero attached hydrogens (tertiary/aromatic N) is 2. The van der Waals surface area contributed by atoms with Crippen molar-refractivity contribution in [2.45, 2.75) is 58.4 Å². The summed E-state index contributed by atoms with van der Waals surface area (Å²) >= 11 is 0. The van der Waals surface area contributed by atoms with E-state index in [1.807, 2.05) is 32.7 Å². The molecule has 0 aromatic heterocycles. The zero-order valence-electron chi connectivity index (χ0n) is 17.4. The van der Waals surface area contributed by atoms with Crippen LogP contribution in [0.15, 0.2) is 17.1 Å². The Bertz CT molecular complexity index is 661. The molecule has 8 heteroatoms. The maximum absolute atomic E-state index is 13.9. The lowest BCUT2D eigenvalue weighted by molar-refractivity contribution is -0.285. The van der Waals surface area contributed by atoms with Gasteiger partial charge in [-0.15, -0.1) is 0 Å². The molecule has 28 heavy (non-hydrogen) atoms. The minimum absolute atomic E-state index is 0.0927. The number of rotatable bonds is 10. The van der Waals surface area contributed by atoms with Crippen molar-refractivity contribution in [2.75, 3.05) is 27.3 Å². The van der Waals surface area contributed by atoms with E-state index < -0.39 is 18.4 Å². The first-order valence-corrected chi connectivity index (χ1v) is 9.38. The van der Waals surface area contributed by atoms with Crippen LogP contribution in [-0.2, 0) is 10.3 Å². The molecule has 0 fully saturated rings. The summed E-state index contributed by atoms with van der Waals surface area (Å²) in [5.74, 6) is -0.0927. The van der Waals surface area contributed by atoms with Gasteiger partial charge < -0.3 is 19.5 Å². The number of aliphatic imine (C=N–C) groups is 1. The first-order valence-electron chi connectivity index (χ1n) is 9.38. The molecule has 1 atom stereocenters. The largest absolute Gasteiger partial charge is 0.496 e. The summed E-state index contributed by atoms with van der Waals surface area (Å²) in [6, 6.07) is 2.67. The van der Waals surface area contributed by atoms with Crippen LogP contribution in [0.1, 0.15) is 44.7 Å². The molecule has 1 N–H and O–H groups in total. The second-order valence-electron chi connectivity index (χ2n) is 6.76. The van der Waals surface area contributed by atoms with E-state index in [1.165, 1.54) is 19.2 Å². The minimum atomic E-state index is -4.94. The van der Waals surface area contributed by atoms with Gasteiger partial charge in [-0.25, -0.2) is 4.99 Å². The monoisotopic (exact) mass is 404 g/mol. The lowest BCUT2D eigenvalue weighted by Gasteiger charge is -2.33. The van der Waals surface area contributed by atoms with Crippen molar-refractivity contribution in [3.8, 4) is 5.75 Å². The van der Waals surface area contributed by atoms with Gasteiger partial charge in [0, 0.05) is 25.2 Å². The zero-order valence-corrected chi connectivity index (χ0v) is 17.4. The number of methoxy groups -OCH3 is 1. The van der Waals surface area contributed by atoms with Crippen LogP contribution < -0.4 is 4.74 Å². The van der Waals surface area contributed by atoms with Crippen LogP contribution in [0.4, 0.5) is 18.9 Å². The summed E-state index contributed by atoms with van der Waals surface area (Å²) in [4.78, 5) is 6.13. The summed E-state index contributed by atoms with van der Waals surface area (Å²) in [7, 11) is 3.10. The first kappa shape index (κ1) is 24.2. The highest BCUT2D eigenvalue weighted by atomic mass is 19.4. The van der Waals surface area contributed by atoms with Crippen LogP contribution in [0.2, 0.25) is 0 Å². The second-order valence-corrected chi connectivity index (χ2v) is 6.76. The van der Waals surface area contributed by atoms with Gasteiger partial charge in [-0.2, -0.15) is 13.2 Å². The number of aryl methyl sites for hydroxylation is 1. The van der Waals surface area contributed by atoms with Crippen molar-refractivity contribution < 1.29 is 27.8 Å². The van der Waals surface area contributed by atoms with E-state index in [4.69, 9.17) is 9.47 Å². The van der Waals surface area contributed by atoms with Gasteiger partial charge in [-0.3, -0.25) is 0 Å². The minimum Gasteiger partial charge on any atom is -0.496 e. The van der Waals surface area contributed by atoms with E-state index in [9.17, 15) is 18.3 Å². The third kappa shape index (κ3) is 5.61. The predicted octanol–water partition coefficient (Wildman–Crippen LogP) is 4.57. The number of hydrogen-bond acceptors (Lipinski definition) is 4. The fourth-order valence-electron chi connectivity index (χ4n) is 2.63. The third-order valence-electron chi connectivity index (χ3n) is 4.76. The fourth-order valence-corrected chi connectivity index (χ4v) is 2.63. The maximum atomic E-state index is 13.9. The lowest BCUT2D eigenvalue weighted by Crippen LogP contribution is -2.47. The Labute approximate surface area is 165 Å². The molecule has 0 bridgehead atoms. The molecule has 5 nitrogen and oxygen atoms in total. The average molecular weight is 404 g/mol. The lowest BCUT2D eigenvalue weighted by atomic mass is 9.91. The van der Waals surface area contributed by atoms with Gasteiger partial charge in [0.1, 0.15) is 5.75 Å². The number of aliphatic hydroxyl groups is 1. The van der Waals surface area contributed by atoms with Crippen molar-refractivity contribution in [3.05, 3.63) is 23.3 Å². The molecule has 0 aliphatic carbocycles. The topological polar surface area (TPSA) is 54.3 Å². The highest BCUT2D eigenvalue weighted by molar-refractivity contribution is 5.65. The molecular weight excluding hydrogens is 373 g/mol. The molecule has 0 spiro atoms. The van der Waals surface area contributed by atoms with E-state index >= 15 is 0 Å². The molecule has 0 amide bonds. The maximum Gasteiger partial charge on any atom is 0.423 e. The zero-order chi connectivity index (χ0) is 21.5. The van der Waals surface area contributed by atoms with Crippen LogP contribution in [0.5, 0.6) is 5.75 Å². The van der Waals surface area contributed by atoms with Crippen molar-refractivity contribution in [1.29, 1.82) is 0 Å². The van der Waals surface area contributed by atoms with Crippen molar-refractivity contribution in [2.24, 2.45) is 4.99 Å². The summed E-state index contributed by atoms with van der Waals surface area (Å²) < 4.78 is 52.2. The highest BCUT2D eigenvalue weighted by Crippen LogP contribution is 2.45. The highest BCUT2D eigenvalue weighted by Gasteiger charge is 2.57. The Balaban J connectivity index is 3.41. The van der Waals surface area contributed by atoms with Crippen molar-refractivity contribution in [3.63, 3.8) is 0 Å². The van der Waals surface area contributed by atoms with Crippen LogP contribution >= 0.6 is 0 Å². The Morgan fingerprint density at radius 1 is 1.21 bits per heavy atom. The summed E-state index contributed by atoms with van der Waals surface area (Å²) in [6.07, 6.45) is -2.60. The number of ether oxygens (including phenoxy) is 2. The number of alkyl halides is 3.